The molecule has 3 nitrogen and oxygen atoms in total. The number of piperidine rings is 1. The van der Waals surface area contributed by atoms with E-state index in [1.807, 2.05) is 31.2 Å². The fourth-order valence-electron chi connectivity index (χ4n) is 3.35. The highest BCUT2D eigenvalue weighted by atomic mass is 16.5. The Morgan fingerprint density at radius 3 is 2.43 bits per heavy atom. The maximum Gasteiger partial charge on any atom is 0.119 e. The number of aliphatic hydroxyl groups is 1. The average molecular weight is 317 g/mol. The molecule has 1 aliphatic rings. The van der Waals surface area contributed by atoms with Crippen LogP contribution in [0.25, 0.3) is 0 Å². The topological polar surface area (TPSA) is 32.7 Å². The Bertz CT molecular complexity index is 487. The van der Waals surface area contributed by atoms with Crippen LogP contribution >= 0.6 is 0 Å². The van der Waals surface area contributed by atoms with E-state index in [0.29, 0.717) is 18.7 Å². The molecule has 1 aliphatic heterocycles. The second-order valence-electron chi connectivity index (χ2n) is 6.99. The van der Waals surface area contributed by atoms with E-state index in [9.17, 15) is 5.11 Å². The second-order valence-corrected chi connectivity index (χ2v) is 6.99. The SMILES string of the molecule is C=C(C)COc1ccc(C(O)CCN2C(C)CCCC2C)cc1. The quantitative estimate of drug-likeness (QED) is 0.760. The third-order valence-electron chi connectivity index (χ3n) is 4.79. The highest BCUT2D eigenvalue weighted by Gasteiger charge is 2.24. The molecular weight excluding hydrogens is 286 g/mol. The van der Waals surface area contributed by atoms with Crippen LogP contribution in [-0.2, 0) is 0 Å². The molecule has 1 N–H and O–H groups in total. The Balaban J connectivity index is 1.85. The van der Waals surface area contributed by atoms with Gasteiger partial charge in [0.2, 0.25) is 0 Å². The van der Waals surface area contributed by atoms with Gasteiger partial charge in [-0.2, -0.15) is 0 Å². The molecule has 1 heterocycles. The number of likely N-dealkylation sites (tertiary alicyclic amines) is 1. The molecule has 0 saturated carbocycles. The van der Waals surface area contributed by atoms with Crippen LogP contribution in [0.4, 0.5) is 0 Å². The Morgan fingerprint density at radius 2 is 1.87 bits per heavy atom. The van der Waals surface area contributed by atoms with E-state index in [0.717, 1.165) is 29.9 Å². The molecule has 2 rings (SSSR count). The third kappa shape index (κ3) is 5.36. The maximum atomic E-state index is 10.5. The first-order valence-electron chi connectivity index (χ1n) is 8.78. The van der Waals surface area contributed by atoms with Gasteiger partial charge in [-0.05, 0) is 63.3 Å². The van der Waals surface area contributed by atoms with Gasteiger partial charge in [-0.25, -0.2) is 0 Å². The lowest BCUT2D eigenvalue weighted by molar-refractivity contribution is 0.0748. The van der Waals surface area contributed by atoms with Crippen LogP contribution in [0.2, 0.25) is 0 Å². The predicted molar refractivity (Wildman–Crippen MR) is 95.8 cm³/mol. The normalized spacial score (nSPS) is 23.5. The van der Waals surface area contributed by atoms with E-state index in [1.165, 1.54) is 19.3 Å². The molecule has 1 saturated heterocycles. The summed E-state index contributed by atoms with van der Waals surface area (Å²) in [5.74, 6) is 0.822. The van der Waals surface area contributed by atoms with Gasteiger partial charge in [0.1, 0.15) is 12.4 Å². The predicted octanol–water partition coefficient (Wildman–Crippen LogP) is 4.33. The van der Waals surface area contributed by atoms with E-state index in [4.69, 9.17) is 4.74 Å². The van der Waals surface area contributed by atoms with Gasteiger partial charge in [-0.15, -0.1) is 0 Å². The zero-order chi connectivity index (χ0) is 16.8. The molecule has 0 bridgehead atoms. The number of aliphatic hydroxyl groups excluding tert-OH is 1. The van der Waals surface area contributed by atoms with E-state index in [1.54, 1.807) is 0 Å². The van der Waals surface area contributed by atoms with Crippen molar-refractivity contribution in [2.45, 2.75) is 64.6 Å². The summed E-state index contributed by atoms with van der Waals surface area (Å²) in [6.45, 7) is 11.9. The lowest BCUT2D eigenvalue weighted by Crippen LogP contribution is -2.44. The van der Waals surface area contributed by atoms with Crippen molar-refractivity contribution in [3.8, 4) is 5.75 Å². The molecule has 0 amide bonds. The van der Waals surface area contributed by atoms with Crippen molar-refractivity contribution in [2.24, 2.45) is 0 Å². The number of nitrogens with zero attached hydrogens (tertiary/aromatic N) is 1. The molecular formula is C20H31NO2. The molecule has 0 aliphatic carbocycles. The average Bonchev–Trinajstić information content (AvgIpc) is 2.52. The third-order valence-corrected chi connectivity index (χ3v) is 4.79. The number of hydrogen-bond donors (Lipinski definition) is 1. The largest absolute Gasteiger partial charge is 0.489 e. The maximum absolute atomic E-state index is 10.5. The summed E-state index contributed by atoms with van der Waals surface area (Å²) >= 11 is 0. The Hall–Kier alpha value is -1.32. The molecule has 1 fully saturated rings. The van der Waals surface area contributed by atoms with Gasteiger partial charge in [0.05, 0.1) is 6.10 Å². The summed E-state index contributed by atoms with van der Waals surface area (Å²) in [5.41, 5.74) is 1.96. The fourth-order valence-corrected chi connectivity index (χ4v) is 3.35. The lowest BCUT2D eigenvalue weighted by atomic mass is 9.96. The van der Waals surface area contributed by atoms with Crippen LogP contribution in [0.5, 0.6) is 5.75 Å². The van der Waals surface area contributed by atoms with Crippen molar-refractivity contribution >= 4 is 0 Å². The minimum atomic E-state index is -0.411. The van der Waals surface area contributed by atoms with Gasteiger partial charge >= 0.3 is 0 Å². The van der Waals surface area contributed by atoms with Crippen LogP contribution in [-0.4, -0.2) is 35.2 Å². The summed E-state index contributed by atoms with van der Waals surface area (Å²) in [4.78, 5) is 2.54. The van der Waals surface area contributed by atoms with Crippen molar-refractivity contribution in [3.05, 3.63) is 42.0 Å². The van der Waals surface area contributed by atoms with Crippen LogP contribution in [0, 0.1) is 0 Å². The number of hydrogen-bond acceptors (Lipinski definition) is 3. The smallest absolute Gasteiger partial charge is 0.119 e. The summed E-state index contributed by atoms with van der Waals surface area (Å²) < 4.78 is 5.60. The van der Waals surface area contributed by atoms with Gasteiger partial charge in [0.15, 0.2) is 0 Å². The van der Waals surface area contributed by atoms with Crippen LogP contribution in [0.3, 0.4) is 0 Å². The Labute approximate surface area is 141 Å². The number of benzene rings is 1. The highest BCUT2D eigenvalue weighted by molar-refractivity contribution is 5.28. The monoisotopic (exact) mass is 317 g/mol. The molecule has 3 atom stereocenters. The molecule has 128 valence electrons. The van der Waals surface area contributed by atoms with Gasteiger partial charge < -0.3 is 9.84 Å². The Morgan fingerprint density at radius 1 is 1.26 bits per heavy atom. The number of rotatable bonds is 7. The summed E-state index contributed by atoms with van der Waals surface area (Å²) in [6.07, 6.45) is 4.24. The minimum Gasteiger partial charge on any atom is -0.489 e. The van der Waals surface area contributed by atoms with Gasteiger partial charge in [-0.1, -0.05) is 25.1 Å². The van der Waals surface area contributed by atoms with Crippen molar-refractivity contribution in [1.82, 2.24) is 4.90 Å². The molecule has 3 heteroatoms. The van der Waals surface area contributed by atoms with Crippen LogP contribution in [0.15, 0.2) is 36.4 Å². The standard InChI is InChI=1S/C20H31NO2/c1-15(2)14-23-19-10-8-18(9-11-19)20(22)12-13-21-16(3)6-5-7-17(21)4/h8-11,16-17,20,22H,1,5-7,12-14H2,2-4H3. The van der Waals surface area contributed by atoms with E-state index < -0.39 is 6.10 Å². The van der Waals surface area contributed by atoms with Crippen LogP contribution in [0.1, 0.15) is 58.1 Å². The van der Waals surface area contributed by atoms with Crippen molar-refractivity contribution < 1.29 is 9.84 Å². The molecule has 1 aromatic carbocycles. The molecule has 0 spiro atoms. The second kappa shape index (κ2) is 8.51. The minimum absolute atomic E-state index is 0.411. The Kier molecular flexibility index (Phi) is 6.67. The number of ether oxygens (including phenoxy) is 1. The van der Waals surface area contributed by atoms with Crippen molar-refractivity contribution in [2.75, 3.05) is 13.2 Å². The van der Waals surface area contributed by atoms with Crippen molar-refractivity contribution in [3.63, 3.8) is 0 Å². The zero-order valence-electron chi connectivity index (χ0n) is 14.8. The summed E-state index contributed by atoms with van der Waals surface area (Å²) in [5, 5.41) is 10.5. The highest BCUT2D eigenvalue weighted by Crippen LogP contribution is 2.25. The van der Waals surface area contributed by atoms with Gasteiger partial charge in [0, 0.05) is 18.6 Å². The molecule has 0 aromatic heterocycles. The zero-order valence-corrected chi connectivity index (χ0v) is 14.8. The van der Waals surface area contributed by atoms with E-state index in [2.05, 4.69) is 25.3 Å². The van der Waals surface area contributed by atoms with Gasteiger partial charge in [-0.3, -0.25) is 4.90 Å². The molecule has 0 radical (unpaired) electrons. The van der Waals surface area contributed by atoms with E-state index in [-0.39, 0.29) is 0 Å². The van der Waals surface area contributed by atoms with E-state index >= 15 is 0 Å². The van der Waals surface area contributed by atoms with Crippen LogP contribution < -0.4 is 4.74 Å². The summed E-state index contributed by atoms with van der Waals surface area (Å²) in [6, 6.07) is 9.03. The lowest BCUT2D eigenvalue weighted by Gasteiger charge is -2.39. The first kappa shape index (κ1) is 18.0. The van der Waals surface area contributed by atoms with Crippen molar-refractivity contribution in [1.29, 1.82) is 0 Å². The molecule has 3 unspecified atom stereocenters. The molecule has 1 aromatic rings. The fraction of sp³-hybridized carbons (Fsp3) is 0.600. The summed E-state index contributed by atoms with van der Waals surface area (Å²) in [7, 11) is 0. The first-order chi connectivity index (χ1) is 11.0. The molecule has 23 heavy (non-hydrogen) atoms. The van der Waals surface area contributed by atoms with Gasteiger partial charge in [0.25, 0.3) is 0 Å². The first-order valence-corrected chi connectivity index (χ1v) is 8.78.